The van der Waals surface area contributed by atoms with Gasteiger partial charge in [0.2, 0.25) is 0 Å². The fraction of sp³-hybridized carbons (Fsp3) is 0.571. The Morgan fingerprint density at radius 3 is 3.00 bits per heavy atom. The van der Waals surface area contributed by atoms with Gasteiger partial charge in [0.1, 0.15) is 0 Å². The van der Waals surface area contributed by atoms with Crippen LogP contribution >= 0.6 is 0 Å². The van der Waals surface area contributed by atoms with Crippen molar-refractivity contribution in [1.29, 1.82) is 0 Å². The Balaban J connectivity index is 2.06. The lowest BCUT2D eigenvalue weighted by molar-refractivity contribution is 0.118. The Morgan fingerprint density at radius 1 is 1.41 bits per heavy atom. The lowest BCUT2D eigenvalue weighted by Gasteiger charge is -2.29. The highest BCUT2D eigenvalue weighted by molar-refractivity contribution is 5.38. The van der Waals surface area contributed by atoms with Gasteiger partial charge in [-0.15, -0.1) is 0 Å². The predicted molar refractivity (Wildman–Crippen MR) is 68.0 cm³/mol. The lowest BCUT2D eigenvalue weighted by Crippen LogP contribution is -2.45. The molecule has 0 heterocycles. The summed E-state index contributed by atoms with van der Waals surface area (Å²) in [4.78, 5) is 0. The quantitative estimate of drug-likeness (QED) is 0.733. The molecule has 1 unspecified atom stereocenters. The van der Waals surface area contributed by atoms with Crippen LogP contribution in [0.15, 0.2) is 24.3 Å². The molecule has 2 rings (SSSR count). The summed E-state index contributed by atoms with van der Waals surface area (Å²) < 4.78 is 5.33. The van der Waals surface area contributed by atoms with E-state index in [-0.39, 0.29) is 12.1 Å². The fourth-order valence-electron chi connectivity index (χ4n) is 2.60. The largest absolute Gasteiger partial charge is 0.394 e. The minimum atomic E-state index is -0.256. The number of aliphatic hydroxyl groups excluding tert-OH is 1. The number of fused-ring (bicyclic) bond motifs is 1. The average molecular weight is 235 g/mol. The molecule has 2 N–H and O–H groups in total. The fourth-order valence-corrected chi connectivity index (χ4v) is 2.60. The number of hydrogen-bond acceptors (Lipinski definition) is 3. The zero-order chi connectivity index (χ0) is 12.1. The molecule has 3 heteroatoms. The van der Waals surface area contributed by atoms with E-state index in [0.717, 1.165) is 26.0 Å². The van der Waals surface area contributed by atoms with Gasteiger partial charge < -0.3 is 15.2 Å². The molecule has 0 aromatic heterocycles. The summed E-state index contributed by atoms with van der Waals surface area (Å²) in [6, 6.07) is 8.37. The number of aliphatic hydroxyl groups is 1. The normalized spacial score (nSPS) is 22.7. The van der Waals surface area contributed by atoms with Crippen molar-refractivity contribution in [2.45, 2.75) is 25.3 Å². The Hall–Kier alpha value is -0.900. The molecule has 1 aromatic carbocycles. The van der Waals surface area contributed by atoms with Gasteiger partial charge >= 0.3 is 0 Å². The summed E-state index contributed by atoms with van der Waals surface area (Å²) >= 11 is 0. The molecule has 0 bridgehead atoms. The SMILES string of the molecule is CCOCCNC1(CO)CCc2ccccc21. The van der Waals surface area contributed by atoms with E-state index in [1.165, 1.54) is 11.1 Å². The monoisotopic (exact) mass is 235 g/mol. The van der Waals surface area contributed by atoms with E-state index in [4.69, 9.17) is 4.74 Å². The van der Waals surface area contributed by atoms with Crippen molar-refractivity contribution in [2.24, 2.45) is 0 Å². The maximum atomic E-state index is 9.72. The molecular weight excluding hydrogens is 214 g/mol. The van der Waals surface area contributed by atoms with Gasteiger partial charge in [-0.25, -0.2) is 0 Å². The maximum Gasteiger partial charge on any atom is 0.0675 e. The van der Waals surface area contributed by atoms with Gasteiger partial charge in [-0.2, -0.15) is 0 Å². The molecule has 1 aliphatic carbocycles. The van der Waals surface area contributed by atoms with E-state index in [0.29, 0.717) is 6.61 Å². The molecule has 1 aliphatic rings. The number of hydrogen-bond donors (Lipinski definition) is 2. The number of ether oxygens (including phenoxy) is 1. The van der Waals surface area contributed by atoms with Gasteiger partial charge in [0.25, 0.3) is 0 Å². The first-order valence-corrected chi connectivity index (χ1v) is 6.34. The molecule has 1 atom stereocenters. The van der Waals surface area contributed by atoms with E-state index in [1.54, 1.807) is 0 Å². The Morgan fingerprint density at radius 2 is 2.24 bits per heavy atom. The van der Waals surface area contributed by atoms with Crippen LogP contribution in [0.4, 0.5) is 0 Å². The molecule has 94 valence electrons. The molecule has 0 saturated carbocycles. The molecule has 3 nitrogen and oxygen atoms in total. The van der Waals surface area contributed by atoms with Crippen molar-refractivity contribution in [3.05, 3.63) is 35.4 Å². The highest BCUT2D eigenvalue weighted by Crippen LogP contribution is 2.36. The predicted octanol–water partition coefficient (Wildman–Crippen LogP) is 1.45. The van der Waals surface area contributed by atoms with Crippen molar-refractivity contribution in [3.8, 4) is 0 Å². The summed E-state index contributed by atoms with van der Waals surface area (Å²) in [5.74, 6) is 0. The standard InChI is InChI=1S/C14H21NO2/c1-2-17-10-9-15-14(11-16)8-7-12-5-3-4-6-13(12)14/h3-6,15-16H,2,7-11H2,1H3. The van der Waals surface area contributed by atoms with Crippen LogP contribution in [0.3, 0.4) is 0 Å². The number of benzene rings is 1. The molecule has 17 heavy (non-hydrogen) atoms. The van der Waals surface area contributed by atoms with Crippen molar-refractivity contribution in [3.63, 3.8) is 0 Å². The van der Waals surface area contributed by atoms with Gasteiger partial charge in [0.05, 0.1) is 18.8 Å². The van der Waals surface area contributed by atoms with Crippen molar-refractivity contribution >= 4 is 0 Å². The number of nitrogens with one attached hydrogen (secondary N) is 1. The maximum absolute atomic E-state index is 9.72. The Kier molecular flexibility index (Phi) is 4.15. The molecule has 0 radical (unpaired) electrons. The second-order valence-corrected chi connectivity index (χ2v) is 4.52. The van der Waals surface area contributed by atoms with E-state index in [2.05, 4.69) is 23.5 Å². The minimum Gasteiger partial charge on any atom is -0.394 e. The van der Waals surface area contributed by atoms with Crippen LogP contribution in [0, 0.1) is 0 Å². The van der Waals surface area contributed by atoms with Gasteiger partial charge in [-0.05, 0) is 30.9 Å². The van der Waals surface area contributed by atoms with Crippen molar-refractivity contribution in [2.75, 3.05) is 26.4 Å². The first-order valence-electron chi connectivity index (χ1n) is 6.34. The Labute approximate surface area is 103 Å². The summed E-state index contributed by atoms with van der Waals surface area (Å²) in [5.41, 5.74) is 2.35. The zero-order valence-electron chi connectivity index (χ0n) is 10.4. The first-order chi connectivity index (χ1) is 8.32. The third-order valence-electron chi connectivity index (χ3n) is 3.54. The van der Waals surface area contributed by atoms with Gasteiger partial charge in [-0.1, -0.05) is 24.3 Å². The smallest absolute Gasteiger partial charge is 0.0675 e. The van der Waals surface area contributed by atoms with Crippen LogP contribution in [-0.4, -0.2) is 31.5 Å². The summed E-state index contributed by atoms with van der Waals surface area (Å²) in [5, 5.41) is 13.2. The Bertz CT molecular complexity index is 367. The van der Waals surface area contributed by atoms with E-state index in [9.17, 15) is 5.11 Å². The molecule has 0 amide bonds. The second-order valence-electron chi connectivity index (χ2n) is 4.52. The van der Waals surface area contributed by atoms with Crippen LogP contribution in [0.25, 0.3) is 0 Å². The topological polar surface area (TPSA) is 41.5 Å². The van der Waals surface area contributed by atoms with E-state index < -0.39 is 0 Å². The van der Waals surface area contributed by atoms with E-state index >= 15 is 0 Å². The van der Waals surface area contributed by atoms with E-state index in [1.807, 2.05) is 13.0 Å². The minimum absolute atomic E-state index is 0.149. The average Bonchev–Trinajstić information content (AvgIpc) is 2.75. The summed E-state index contributed by atoms with van der Waals surface area (Å²) in [7, 11) is 0. The summed E-state index contributed by atoms with van der Waals surface area (Å²) in [6.45, 7) is 4.36. The van der Waals surface area contributed by atoms with Crippen molar-refractivity contribution in [1.82, 2.24) is 5.32 Å². The molecular formula is C14H21NO2. The highest BCUT2D eigenvalue weighted by atomic mass is 16.5. The van der Waals surface area contributed by atoms with Gasteiger partial charge in [-0.3, -0.25) is 0 Å². The zero-order valence-corrected chi connectivity index (χ0v) is 10.4. The molecule has 0 saturated heterocycles. The molecule has 0 aliphatic heterocycles. The second kappa shape index (κ2) is 5.63. The lowest BCUT2D eigenvalue weighted by atomic mass is 9.93. The summed E-state index contributed by atoms with van der Waals surface area (Å²) in [6.07, 6.45) is 2.01. The number of aryl methyl sites for hydroxylation is 1. The van der Waals surface area contributed by atoms with Crippen LogP contribution < -0.4 is 5.32 Å². The van der Waals surface area contributed by atoms with Gasteiger partial charge in [0.15, 0.2) is 0 Å². The van der Waals surface area contributed by atoms with Crippen LogP contribution in [0.2, 0.25) is 0 Å². The third kappa shape index (κ3) is 2.51. The van der Waals surface area contributed by atoms with Crippen LogP contribution in [0.1, 0.15) is 24.5 Å². The third-order valence-corrected chi connectivity index (χ3v) is 3.54. The van der Waals surface area contributed by atoms with Crippen LogP contribution in [-0.2, 0) is 16.7 Å². The van der Waals surface area contributed by atoms with Crippen molar-refractivity contribution < 1.29 is 9.84 Å². The molecule has 0 spiro atoms. The van der Waals surface area contributed by atoms with Crippen LogP contribution in [0.5, 0.6) is 0 Å². The van der Waals surface area contributed by atoms with Gasteiger partial charge in [0, 0.05) is 13.2 Å². The number of rotatable bonds is 6. The first kappa shape index (κ1) is 12.6. The molecule has 1 aromatic rings. The molecule has 0 fully saturated rings. The highest BCUT2D eigenvalue weighted by Gasteiger charge is 2.37.